The second-order valence-electron chi connectivity index (χ2n) is 3.55. The third kappa shape index (κ3) is 4.03. The van der Waals surface area contributed by atoms with Gasteiger partial charge in [-0.1, -0.05) is 12.1 Å². The molecule has 0 unspecified atom stereocenters. The summed E-state index contributed by atoms with van der Waals surface area (Å²) in [7, 11) is 0. The van der Waals surface area contributed by atoms with Crippen LogP contribution in [0, 0.1) is 5.82 Å². The maximum atomic E-state index is 13.1. The van der Waals surface area contributed by atoms with E-state index in [1.54, 1.807) is 12.1 Å². The molecule has 88 valence electrons. The van der Waals surface area contributed by atoms with Gasteiger partial charge in [-0.2, -0.15) is 0 Å². The van der Waals surface area contributed by atoms with Crippen LogP contribution in [0.15, 0.2) is 36.9 Å². The summed E-state index contributed by atoms with van der Waals surface area (Å²) in [5, 5.41) is 3.23. The van der Waals surface area contributed by atoms with Crippen molar-refractivity contribution in [3.63, 3.8) is 0 Å². The van der Waals surface area contributed by atoms with E-state index in [9.17, 15) is 4.39 Å². The molecule has 1 aromatic carbocycles. The normalized spacial score (nSPS) is 10.1. The maximum Gasteiger partial charge on any atom is 0.125 e. The van der Waals surface area contributed by atoms with Gasteiger partial charge in [-0.25, -0.2) is 4.39 Å². The summed E-state index contributed by atoms with van der Waals surface area (Å²) in [6.45, 7) is 9.13. The van der Waals surface area contributed by atoms with Crippen LogP contribution in [0.3, 0.4) is 0 Å². The highest BCUT2D eigenvalue weighted by molar-refractivity contribution is 5.46. The van der Waals surface area contributed by atoms with Crippen LogP contribution in [0.25, 0.3) is 0 Å². The first-order valence-corrected chi connectivity index (χ1v) is 5.60. The molecule has 0 aromatic heterocycles. The van der Waals surface area contributed by atoms with Gasteiger partial charge in [0.1, 0.15) is 5.82 Å². The molecule has 0 saturated carbocycles. The SMILES string of the molecule is C=CCNCCN(CC)c1cccc(F)c1. The minimum absolute atomic E-state index is 0.185. The summed E-state index contributed by atoms with van der Waals surface area (Å²) < 4.78 is 13.1. The Bertz CT molecular complexity index is 325. The number of likely N-dealkylation sites (N-methyl/N-ethyl adjacent to an activating group) is 1. The third-order valence-electron chi connectivity index (χ3n) is 2.40. The van der Waals surface area contributed by atoms with Gasteiger partial charge in [0.05, 0.1) is 0 Å². The number of anilines is 1. The molecular weight excluding hydrogens is 203 g/mol. The zero-order valence-electron chi connectivity index (χ0n) is 9.75. The molecule has 0 bridgehead atoms. The predicted octanol–water partition coefficient (Wildman–Crippen LogP) is 2.43. The molecule has 2 nitrogen and oxygen atoms in total. The molecule has 0 amide bonds. The Kier molecular flexibility index (Phi) is 5.57. The highest BCUT2D eigenvalue weighted by atomic mass is 19.1. The minimum atomic E-state index is -0.185. The quantitative estimate of drug-likeness (QED) is 0.563. The second-order valence-corrected chi connectivity index (χ2v) is 3.55. The molecule has 0 heterocycles. The number of benzene rings is 1. The monoisotopic (exact) mass is 222 g/mol. The largest absolute Gasteiger partial charge is 0.370 e. The van der Waals surface area contributed by atoms with Crippen LogP contribution >= 0.6 is 0 Å². The molecular formula is C13H19FN2. The highest BCUT2D eigenvalue weighted by Gasteiger charge is 2.03. The van der Waals surface area contributed by atoms with Crippen molar-refractivity contribution >= 4 is 5.69 Å². The molecule has 0 spiro atoms. The number of nitrogens with zero attached hydrogens (tertiary/aromatic N) is 1. The summed E-state index contributed by atoms with van der Waals surface area (Å²) in [5.41, 5.74) is 0.933. The Morgan fingerprint density at radius 3 is 2.94 bits per heavy atom. The van der Waals surface area contributed by atoms with Gasteiger partial charge in [0.2, 0.25) is 0 Å². The van der Waals surface area contributed by atoms with E-state index in [0.29, 0.717) is 0 Å². The van der Waals surface area contributed by atoms with Gasteiger partial charge in [0, 0.05) is 31.9 Å². The zero-order valence-corrected chi connectivity index (χ0v) is 9.75. The van der Waals surface area contributed by atoms with Crippen LogP contribution in [-0.4, -0.2) is 26.2 Å². The zero-order chi connectivity index (χ0) is 11.8. The molecule has 1 N–H and O–H groups in total. The van der Waals surface area contributed by atoms with Crippen molar-refractivity contribution < 1.29 is 4.39 Å². The first kappa shape index (κ1) is 12.7. The lowest BCUT2D eigenvalue weighted by Gasteiger charge is -2.23. The van der Waals surface area contributed by atoms with E-state index in [1.165, 1.54) is 6.07 Å². The summed E-state index contributed by atoms with van der Waals surface area (Å²) in [4.78, 5) is 2.14. The Balaban J connectivity index is 2.50. The number of halogens is 1. The van der Waals surface area contributed by atoms with Crippen molar-refractivity contribution in [2.24, 2.45) is 0 Å². The van der Waals surface area contributed by atoms with Gasteiger partial charge in [-0.15, -0.1) is 6.58 Å². The molecule has 0 aliphatic rings. The summed E-state index contributed by atoms with van der Waals surface area (Å²) >= 11 is 0. The van der Waals surface area contributed by atoms with Gasteiger partial charge in [-0.05, 0) is 25.1 Å². The van der Waals surface area contributed by atoms with Crippen LogP contribution in [0.2, 0.25) is 0 Å². The fourth-order valence-electron chi connectivity index (χ4n) is 1.56. The third-order valence-corrected chi connectivity index (χ3v) is 2.40. The average Bonchev–Trinajstić information content (AvgIpc) is 2.29. The molecule has 0 atom stereocenters. The molecule has 0 fully saturated rings. The van der Waals surface area contributed by atoms with Gasteiger partial charge in [0.15, 0.2) is 0 Å². The maximum absolute atomic E-state index is 13.1. The van der Waals surface area contributed by atoms with Gasteiger partial charge < -0.3 is 10.2 Å². The minimum Gasteiger partial charge on any atom is -0.370 e. The Morgan fingerprint density at radius 1 is 1.50 bits per heavy atom. The van der Waals surface area contributed by atoms with Gasteiger partial charge >= 0.3 is 0 Å². The van der Waals surface area contributed by atoms with Crippen molar-refractivity contribution in [1.82, 2.24) is 5.32 Å². The lowest BCUT2D eigenvalue weighted by atomic mass is 10.2. The fourth-order valence-corrected chi connectivity index (χ4v) is 1.56. The molecule has 1 aromatic rings. The van der Waals surface area contributed by atoms with Crippen LogP contribution < -0.4 is 10.2 Å². The van der Waals surface area contributed by atoms with Crippen LogP contribution in [0.1, 0.15) is 6.92 Å². The van der Waals surface area contributed by atoms with E-state index in [0.717, 1.165) is 31.9 Å². The predicted molar refractivity (Wildman–Crippen MR) is 67.4 cm³/mol. The molecule has 0 aliphatic carbocycles. The fraction of sp³-hybridized carbons (Fsp3) is 0.385. The standard InChI is InChI=1S/C13H19FN2/c1-3-8-15-9-10-16(4-2)13-7-5-6-12(14)11-13/h3,5-7,11,15H,1,4,8-10H2,2H3. The molecule has 0 saturated heterocycles. The van der Waals surface area contributed by atoms with Crippen molar-refractivity contribution in [1.29, 1.82) is 0 Å². The van der Waals surface area contributed by atoms with Crippen molar-refractivity contribution in [3.05, 3.63) is 42.7 Å². The van der Waals surface area contributed by atoms with Crippen LogP contribution in [0.5, 0.6) is 0 Å². The first-order chi connectivity index (χ1) is 7.77. The Hall–Kier alpha value is -1.35. The van der Waals surface area contributed by atoms with Gasteiger partial charge in [0.25, 0.3) is 0 Å². The average molecular weight is 222 g/mol. The van der Waals surface area contributed by atoms with Gasteiger partial charge in [-0.3, -0.25) is 0 Å². The van der Waals surface area contributed by atoms with E-state index < -0.39 is 0 Å². The first-order valence-electron chi connectivity index (χ1n) is 5.60. The summed E-state index contributed by atoms with van der Waals surface area (Å²) in [5.74, 6) is -0.185. The van der Waals surface area contributed by atoms with E-state index in [4.69, 9.17) is 0 Å². The highest BCUT2D eigenvalue weighted by Crippen LogP contribution is 2.14. The molecule has 1 rings (SSSR count). The van der Waals surface area contributed by atoms with Crippen molar-refractivity contribution in [2.75, 3.05) is 31.1 Å². The molecule has 0 aliphatic heterocycles. The van der Waals surface area contributed by atoms with E-state index >= 15 is 0 Å². The lowest BCUT2D eigenvalue weighted by Crippen LogP contribution is -2.32. The topological polar surface area (TPSA) is 15.3 Å². The Morgan fingerprint density at radius 2 is 2.31 bits per heavy atom. The smallest absolute Gasteiger partial charge is 0.125 e. The Labute approximate surface area is 96.8 Å². The second kappa shape index (κ2) is 7.01. The number of nitrogens with one attached hydrogen (secondary N) is 1. The van der Waals surface area contributed by atoms with Crippen molar-refractivity contribution in [2.45, 2.75) is 6.92 Å². The van der Waals surface area contributed by atoms with Crippen molar-refractivity contribution in [3.8, 4) is 0 Å². The summed E-state index contributed by atoms with van der Waals surface area (Å²) in [6.07, 6.45) is 1.83. The number of rotatable bonds is 7. The number of hydrogen-bond donors (Lipinski definition) is 1. The summed E-state index contributed by atoms with van der Waals surface area (Å²) in [6, 6.07) is 6.70. The van der Waals surface area contributed by atoms with E-state index in [1.807, 2.05) is 12.1 Å². The lowest BCUT2D eigenvalue weighted by molar-refractivity contribution is 0.625. The molecule has 0 radical (unpaired) electrons. The van der Waals surface area contributed by atoms with E-state index in [2.05, 4.69) is 23.7 Å². The van der Waals surface area contributed by atoms with Crippen LogP contribution in [0.4, 0.5) is 10.1 Å². The number of hydrogen-bond acceptors (Lipinski definition) is 2. The molecule has 3 heteroatoms. The molecule has 16 heavy (non-hydrogen) atoms. The van der Waals surface area contributed by atoms with E-state index in [-0.39, 0.29) is 5.82 Å². The van der Waals surface area contributed by atoms with Crippen LogP contribution in [-0.2, 0) is 0 Å².